The second kappa shape index (κ2) is 7.26. The molecule has 0 unspecified atom stereocenters. The topological polar surface area (TPSA) is 0 Å². The van der Waals surface area contributed by atoms with Crippen molar-refractivity contribution >= 4 is 13.2 Å². The standard InChI is InChI=1S/C28H31P/c1-16-12-18(3)26(19(4)13-16)24-10-9-11-25(28(24)29-22(7)23(29)8)27-20(5)14-17(2)15-21(27)6/h9-15H,1-8H3. The van der Waals surface area contributed by atoms with E-state index in [0.29, 0.717) is 0 Å². The van der Waals surface area contributed by atoms with Crippen molar-refractivity contribution < 1.29 is 0 Å². The summed E-state index contributed by atoms with van der Waals surface area (Å²) in [6, 6.07) is 16.3. The zero-order valence-electron chi connectivity index (χ0n) is 19.0. The van der Waals surface area contributed by atoms with Crippen molar-refractivity contribution in [3.05, 3.63) is 86.5 Å². The van der Waals surface area contributed by atoms with Gasteiger partial charge in [0.05, 0.1) is 0 Å². The molecule has 0 fully saturated rings. The zero-order chi connectivity index (χ0) is 21.0. The van der Waals surface area contributed by atoms with Gasteiger partial charge in [0.2, 0.25) is 0 Å². The molecule has 0 saturated carbocycles. The number of aryl methyl sites for hydroxylation is 6. The van der Waals surface area contributed by atoms with Crippen LogP contribution in [0.3, 0.4) is 0 Å². The molecule has 1 aliphatic rings. The Kier molecular flexibility index (Phi) is 5.04. The molecule has 0 N–H and O–H groups in total. The minimum atomic E-state index is -0.288. The summed E-state index contributed by atoms with van der Waals surface area (Å²) in [5, 5.41) is 4.75. The van der Waals surface area contributed by atoms with Gasteiger partial charge in [-0.1, -0.05) is 53.6 Å². The van der Waals surface area contributed by atoms with Crippen LogP contribution in [0.4, 0.5) is 0 Å². The predicted molar refractivity (Wildman–Crippen MR) is 131 cm³/mol. The maximum absolute atomic E-state index is 2.35. The van der Waals surface area contributed by atoms with E-state index in [1.54, 1.807) is 15.9 Å². The van der Waals surface area contributed by atoms with Gasteiger partial charge in [-0.05, 0) is 118 Å². The second-order valence-electron chi connectivity index (χ2n) is 8.76. The van der Waals surface area contributed by atoms with Crippen molar-refractivity contribution in [3.63, 3.8) is 0 Å². The molecule has 29 heavy (non-hydrogen) atoms. The fourth-order valence-corrected chi connectivity index (χ4v) is 7.49. The Morgan fingerprint density at radius 2 is 0.862 bits per heavy atom. The molecule has 1 heteroatoms. The van der Waals surface area contributed by atoms with Crippen LogP contribution in [0, 0.1) is 41.5 Å². The lowest BCUT2D eigenvalue weighted by Crippen LogP contribution is -2.09. The first-order chi connectivity index (χ1) is 13.7. The first-order valence-electron chi connectivity index (χ1n) is 10.5. The van der Waals surface area contributed by atoms with E-state index < -0.39 is 0 Å². The summed E-state index contributed by atoms with van der Waals surface area (Å²) >= 11 is 0. The smallest absolute Gasteiger partial charge is 0.0000184 e. The van der Waals surface area contributed by atoms with Gasteiger partial charge in [-0.2, -0.15) is 0 Å². The molecular weight excluding hydrogens is 367 g/mol. The van der Waals surface area contributed by atoms with E-state index in [0.717, 1.165) is 0 Å². The van der Waals surface area contributed by atoms with Crippen LogP contribution in [0.1, 0.15) is 47.2 Å². The first kappa shape index (κ1) is 20.1. The lowest BCUT2D eigenvalue weighted by atomic mass is 9.89. The third-order valence-corrected chi connectivity index (χ3v) is 9.01. The van der Waals surface area contributed by atoms with Gasteiger partial charge in [0.15, 0.2) is 0 Å². The van der Waals surface area contributed by atoms with Gasteiger partial charge < -0.3 is 0 Å². The molecule has 0 bridgehead atoms. The molecule has 0 aromatic heterocycles. The van der Waals surface area contributed by atoms with Gasteiger partial charge in [-0.25, -0.2) is 0 Å². The zero-order valence-corrected chi connectivity index (χ0v) is 19.9. The lowest BCUT2D eigenvalue weighted by molar-refractivity contribution is 1.32. The van der Waals surface area contributed by atoms with Crippen molar-refractivity contribution in [3.8, 4) is 22.3 Å². The van der Waals surface area contributed by atoms with E-state index in [1.807, 2.05) is 0 Å². The highest BCUT2D eigenvalue weighted by molar-refractivity contribution is 7.81. The van der Waals surface area contributed by atoms with Gasteiger partial charge in [0.1, 0.15) is 0 Å². The van der Waals surface area contributed by atoms with Crippen molar-refractivity contribution in [2.45, 2.75) is 55.4 Å². The molecule has 0 atom stereocenters. The van der Waals surface area contributed by atoms with Crippen LogP contribution in [0.5, 0.6) is 0 Å². The highest BCUT2D eigenvalue weighted by Crippen LogP contribution is 2.69. The van der Waals surface area contributed by atoms with Crippen molar-refractivity contribution in [1.29, 1.82) is 0 Å². The van der Waals surface area contributed by atoms with Crippen molar-refractivity contribution in [2.24, 2.45) is 0 Å². The number of allylic oxidation sites excluding steroid dienone is 2. The molecule has 0 aliphatic carbocycles. The largest absolute Gasteiger partial charge is 0.0610 e. The molecule has 3 aromatic rings. The molecule has 0 saturated heterocycles. The molecule has 148 valence electrons. The predicted octanol–water partition coefficient (Wildman–Crippen LogP) is 8.24. The van der Waals surface area contributed by atoms with Crippen LogP contribution in [-0.4, -0.2) is 0 Å². The fraction of sp³-hybridized carbons (Fsp3) is 0.286. The second-order valence-corrected chi connectivity index (χ2v) is 11.2. The molecular formula is C28H31P. The van der Waals surface area contributed by atoms with Crippen LogP contribution in [0.2, 0.25) is 0 Å². The Morgan fingerprint density at radius 1 is 0.517 bits per heavy atom. The molecule has 3 aromatic carbocycles. The minimum absolute atomic E-state index is 0.288. The maximum atomic E-state index is 2.35. The Morgan fingerprint density at radius 3 is 1.17 bits per heavy atom. The molecule has 0 nitrogen and oxygen atoms in total. The van der Waals surface area contributed by atoms with Crippen molar-refractivity contribution in [2.75, 3.05) is 0 Å². The summed E-state index contributed by atoms with van der Waals surface area (Å²) in [5.74, 6) is 0. The highest BCUT2D eigenvalue weighted by atomic mass is 31.1. The van der Waals surface area contributed by atoms with Gasteiger partial charge in [-0.15, -0.1) is 0 Å². The van der Waals surface area contributed by atoms with Gasteiger partial charge in [0.25, 0.3) is 0 Å². The number of rotatable bonds is 3. The van der Waals surface area contributed by atoms with Gasteiger partial charge in [0, 0.05) is 5.30 Å². The molecule has 0 amide bonds. The van der Waals surface area contributed by atoms with Crippen LogP contribution in [-0.2, 0) is 0 Å². The average molecular weight is 399 g/mol. The van der Waals surface area contributed by atoms with E-state index in [1.165, 1.54) is 55.6 Å². The third-order valence-electron chi connectivity index (χ3n) is 6.30. The Hall–Kier alpha value is -2.17. The Bertz CT molecular complexity index is 1040. The van der Waals surface area contributed by atoms with Crippen LogP contribution in [0.25, 0.3) is 22.3 Å². The highest BCUT2D eigenvalue weighted by Gasteiger charge is 2.35. The van der Waals surface area contributed by atoms with Crippen LogP contribution in [0.15, 0.2) is 53.1 Å². The summed E-state index contributed by atoms with van der Waals surface area (Å²) in [6.45, 7) is 18.1. The van der Waals surface area contributed by atoms with E-state index in [4.69, 9.17) is 0 Å². The van der Waals surface area contributed by atoms with Gasteiger partial charge >= 0.3 is 0 Å². The molecule has 1 aliphatic heterocycles. The Labute approximate surface area is 177 Å². The van der Waals surface area contributed by atoms with Crippen LogP contribution < -0.4 is 5.30 Å². The van der Waals surface area contributed by atoms with Crippen molar-refractivity contribution in [1.82, 2.24) is 0 Å². The lowest BCUT2D eigenvalue weighted by Gasteiger charge is -2.22. The van der Waals surface area contributed by atoms with E-state index in [2.05, 4.69) is 97.9 Å². The number of hydrogen-bond acceptors (Lipinski definition) is 0. The first-order valence-corrected chi connectivity index (χ1v) is 11.8. The number of hydrogen-bond donors (Lipinski definition) is 0. The fourth-order valence-electron chi connectivity index (χ4n) is 5.09. The quantitative estimate of drug-likeness (QED) is 0.390. The SMILES string of the molecule is CC1=C(C)P1c1c(-c2c(C)cc(C)cc2C)cccc1-c1c(C)cc(C)cc1C. The summed E-state index contributed by atoms with van der Waals surface area (Å²) in [6.07, 6.45) is 0. The summed E-state index contributed by atoms with van der Waals surface area (Å²) in [5.41, 5.74) is 13.9. The molecule has 4 rings (SSSR count). The molecule has 0 radical (unpaired) electrons. The Balaban J connectivity index is 2.05. The summed E-state index contributed by atoms with van der Waals surface area (Å²) < 4.78 is 0. The van der Waals surface area contributed by atoms with E-state index in [9.17, 15) is 0 Å². The third kappa shape index (κ3) is 3.38. The monoisotopic (exact) mass is 398 g/mol. The number of benzene rings is 3. The van der Waals surface area contributed by atoms with Crippen LogP contribution >= 0.6 is 7.92 Å². The molecule has 1 heterocycles. The average Bonchev–Trinajstić information content (AvgIpc) is 3.19. The minimum Gasteiger partial charge on any atom is -0.0610 e. The summed E-state index contributed by atoms with van der Waals surface area (Å²) in [4.78, 5) is 0. The van der Waals surface area contributed by atoms with Gasteiger partial charge in [-0.3, -0.25) is 0 Å². The summed E-state index contributed by atoms with van der Waals surface area (Å²) in [7, 11) is -0.288. The normalized spacial score (nSPS) is 13.9. The van der Waals surface area contributed by atoms with E-state index in [-0.39, 0.29) is 7.92 Å². The maximum Gasteiger partial charge on any atom is 0.0000184 e. The van der Waals surface area contributed by atoms with E-state index >= 15 is 0 Å². The molecule has 0 spiro atoms.